The number of hydrogen-bond donors (Lipinski definition) is 0. The first-order chi connectivity index (χ1) is 15.3. The van der Waals surface area contributed by atoms with E-state index in [1.165, 1.54) is 18.9 Å². The minimum atomic E-state index is -0.166. The lowest BCUT2D eigenvalue weighted by molar-refractivity contribution is -0.150. The molecule has 4 nitrogen and oxygen atoms in total. The topological polar surface area (TPSA) is 52.6 Å². The summed E-state index contributed by atoms with van der Waals surface area (Å²) in [5, 5.41) is 0. The first-order valence-corrected chi connectivity index (χ1v) is 12.4. The van der Waals surface area contributed by atoms with Gasteiger partial charge in [0.15, 0.2) is 0 Å². The molecular formula is C28H36O4. The number of fused-ring (bicyclic) bond motifs is 5. The Hall–Kier alpha value is -2.10. The molecule has 4 aliphatic rings. The lowest BCUT2D eigenvalue weighted by Gasteiger charge is -2.57. The van der Waals surface area contributed by atoms with Gasteiger partial charge in [0.2, 0.25) is 0 Å². The van der Waals surface area contributed by atoms with Crippen molar-refractivity contribution in [2.24, 2.45) is 34.5 Å². The van der Waals surface area contributed by atoms with Gasteiger partial charge in [0.25, 0.3) is 0 Å². The summed E-state index contributed by atoms with van der Waals surface area (Å²) >= 11 is 0. The van der Waals surface area contributed by atoms with Crippen molar-refractivity contribution < 1.29 is 19.1 Å². The van der Waals surface area contributed by atoms with Crippen LogP contribution in [0.15, 0.2) is 42.0 Å². The number of para-hydroxylation sites is 1. The summed E-state index contributed by atoms with van der Waals surface area (Å²) in [6.45, 7) is 6.33. The number of carbonyl (C=O) groups excluding carboxylic acids is 2. The van der Waals surface area contributed by atoms with Crippen molar-refractivity contribution in [3.8, 4) is 5.75 Å². The number of carbonyl (C=O) groups is 2. The molecule has 7 atom stereocenters. The summed E-state index contributed by atoms with van der Waals surface area (Å²) in [6, 6.07) is 9.50. The Kier molecular flexibility index (Phi) is 5.46. The van der Waals surface area contributed by atoms with E-state index in [1.807, 2.05) is 30.3 Å². The molecule has 4 heteroatoms. The molecule has 0 bridgehead atoms. The fourth-order valence-corrected chi connectivity index (χ4v) is 8.03. The first kappa shape index (κ1) is 21.7. The van der Waals surface area contributed by atoms with Crippen molar-refractivity contribution in [1.82, 2.24) is 0 Å². The molecular weight excluding hydrogens is 400 g/mol. The number of ether oxygens (including phenoxy) is 2. The van der Waals surface area contributed by atoms with Crippen LogP contribution in [0.2, 0.25) is 0 Å². The van der Waals surface area contributed by atoms with Gasteiger partial charge in [-0.05, 0) is 85.7 Å². The van der Waals surface area contributed by atoms with E-state index < -0.39 is 0 Å². The van der Waals surface area contributed by atoms with Gasteiger partial charge in [-0.15, -0.1) is 0 Å². The highest BCUT2D eigenvalue weighted by Crippen LogP contribution is 2.66. The van der Waals surface area contributed by atoms with Crippen LogP contribution in [-0.2, 0) is 14.3 Å². The predicted molar refractivity (Wildman–Crippen MR) is 123 cm³/mol. The third-order valence-corrected chi connectivity index (χ3v) is 9.64. The number of benzene rings is 1. The summed E-state index contributed by atoms with van der Waals surface area (Å²) < 4.78 is 11.4. The molecule has 0 amide bonds. The van der Waals surface area contributed by atoms with Gasteiger partial charge in [0.05, 0.1) is 5.92 Å². The van der Waals surface area contributed by atoms with Crippen LogP contribution in [-0.4, -0.2) is 18.0 Å². The fraction of sp³-hybridized carbons (Fsp3) is 0.643. The van der Waals surface area contributed by atoms with Gasteiger partial charge >= 0.3 is 11.9 Å². The van der Waals surface area contributed by atoms with Crippen LogP contribution in [0.4, 0.5) is 0 Å². The highest BCUT2D eigenvalue weighted by molar-refractivity contribution is 5.76. The highest BCUT2D eigenvalue weighted by Gasteiger charge is 2.60. The Morgan fingerprint density at radius 3 is 2.50 bits per heavy atom. The number of rotatable bonds is 3. The third kappa shape index (κ3) is 3.50. The van der Waals surface area contributed by atoms with Crippen molar-refractivity contribution in [1.29, 1.82) is 0 Å². The molecule has 172 valence electrons. The lowest BCUT2D eigenvalue weighted by Crippen LogP contribution is -2.51. The van der Waals surface area contributed by atoms with Crippen molar-refractivity contribution in [2.45, 2.75) is 78.2 Å². The Morgan fingerprint density at radius 2 is 1.75 bits per heavy atom. The molecule has 0 radical (unpaired) electrons. The second-order valence-electron chi connectivity index (χ2n) is 11.1. The van der Waals surface area contributed by atoms with E-state index in [0.717, 1.165) is 44.9 Å². The van der Waals surface area contributed by atoms with E-state index in [-0.39, 0.29) is 34.8 Å². The number of esters is 2. The zero-order valence-electron chi connectivity index (χ0n) is 19.6. The molecule has 5 rings (SSSR count). The van der Waals surface area contributed by atoms with Gasteiger partial charge in [0, 0.05) is 13.3 Å². The fourth-order valence-electron chi connectivity index (χ4n) is 8.03. The van der Waals surface area contributed by atoms with Crippen LogP contribution in [0.5, 0.6) is 5.75 Å². The van der Waals surface area contributed by atoms with E-state index in [1.54, 1.807) is 0 Å². The molecule has 1 aromatic rings. The van der Waals surface area contributed by atoms with Crippen LogP contribution in [0.1, 0.15) is 72.1 Å². The van der Waals surface area contributed by atoms with Gasteiger partial charge < -0.3 is 9.47 Å². The lowest BCUT2D eigenvalue weighted by atomic mass is 9.47. The molecule has 0 spiro atoms. The summed E-state index contributed by atoms with van der Waals surface area (Å²) in [5.41, 5.74) is 1.76. The Balaban J connectivity index is 1.34. The van der Waals surface area contributed by atoms with Gasteiger partial charge in [0.1, 0.15) is 11.9 Å². The van der Waals surface area contributed by atoms with Crippen LogP contribution in [0.3, 0.4) is 0 Å². The number of allylic oxidation sites excluding steroid dienone is 1. The Morgan fingerprint density at radius 1 is 0.969 bits per heavy atom. The second-order valence-corrected chi connectivity index (χ2v) is 11.1. The van der Waals surface area contributed by atoms with E-state index in [2.05, 4.69) is 19.9 Å². The zero-order chi connectivity index (χ0) is 22.5. The van der Waals surface area contributed by atoms with Crippen molar-refractivity contribution >= 4 is 11.9 Å². The van der Waals surface area contributed by atoms with Crippen LogP contribution >= 0.6 is 0 Å². The summed E-state index contributed by atoms with van der Waals surface area (Å²) in [7, 11) is 0. The Bertz CT molecular complexity index is 921. The quantitative estimate of drug-likeness (QED) is 0.326. The molecule has 3 fully saturated rings. The monoisotopic (exact) mass is 436 g/mol. The normalized spacial score (nSPS) is 40.3. The average molecular weight is 437 g/mol. The van der Waals surface area contributed by atoms with E-state index in [9.17, 15) is 9.59 Å². The molecule has 0 unspecified atom stereocenters. The zero-order valence-corrected chi connectivity index (χ0v) is 19.6. The molecule has 32 heavy (non-hydrogen) atoms. The van der Waals surface area contributed by atoms with Crippen molar-refractivity contribution in [3.05, 3.63) is 42.0 Å². The van der Waals surface area contributed by atoms with Crippen molar-refractivity contribution in [2.75, 3.05) is 0 Å². The van der Waals surface area contributed by atoms with Gasteiger partial charge in [-0.3, -0.25) is 9.59 Å². The molecule has 0 aromatic heterocycles. The van der Waals surface area contributed by atoms with Gasteiger partial charge in [-0.25, -0.2) is 0 Å². The van der Waals surface area contributed by atoms with E-state index >= 15 is 0 Å². The summed E-state index contributed by atoms with van der Waals surface area (Å²) in [5.74, 6) is 2.33. The largest absolute Gasteiger partial charge is 0.462 e. The minimum absolute atomic E-state index is 0.00783. The van der Waals surface area contributed by atoms with E-state index in [4.69, 9.17) is 9.47 Å². The molecule has 0 aliphatic heterocycles. The Labute approximate surface area is 191 Å². The SMILES string of the molecule is CC(=O)O[C@H]1CC[C@@]2(C)C(=CC[C@@H]3[C@H]4CC[C@@H](C(=O)Oc5ccccc5)[C@]4(C)CC[C@H]32)C1. The predicted octanol–water partition coefficient (Wildman–Crippen LogP) is 6.10. The van der Waals surface area contributed by atoms with Crippen LogP contribution < -0.4 is 4.74 Å². The van der Waals surface area contributed by atoms with Gasteiger partial charge in [-0.2, -0.15) is 0 Å². The second kappa shape index (κ2) is 8.04. The maximum Gasteiger partial charge on any atom is 0.314 e. The molecule has 3 saturated carbocycles. The molecule has 1 aromatic carbocycles. The van der Waals surface area contributed by atoms with Crippen molar-refractivity contribution in [3.63, 3.8) is 0 Å². The van der Waals surface area contributed by atoms with Crippen LogP contribution in [0, 0.1) is 34.5 Å². The standard InChI is InChI=1S/C28H36O4/c1-18(29)31-21-13-15-27(2)19(17-21)9-10-22-23-11-12-25(28(23,3)16-14-24(22)27)26(30)32-20-7-5-4-6-8-20/h4-9,21-25H,10-17H2,1-3H3/t21-,22+,23+,24+,25-,27-,28+/m0/s1. The highest BCUT2D eigenvalue weighted by atomic mass is 16.5. The summed E-state index contributed by atoms with van der Waals surface area (Å²) in [4.78, 5) is 24.6. The average Bonchev–Trinajstić information content (AvgIpc) is 3.12. The molecule has 0 N–H and O–H groups in total. The minimum Gasteiger partial charge on any atom is -0.462 e. The van der Waals surface area contributed by atoms with Gasteiger partial charge in [-0.1, -0.05) is 43.7 Å². The smallest absolute Gasteiger partial charge is 0.314 e. The third-order valence-electron chi connectivity index (χ3n) is 9.64. The first-order valence-electron chi connectivity index (χ1n) is 12.4. The molecule has 0 heterocycles. The maximum absolute atomic E-state index is 13.2. The molecule has 4 aliphatic carbocycles. The number of hydrogen-bond acceptors (Lipinski definition) is 4. The maximum atomic E-state index is 13.2. The summed E-state index contributed by atoms with van der Waals surface area (Å²) in [6.07, 6.45) is 10.9. The van der Waals surface area contributed by atoms with E-state index in [0.29, 0.717) is 23.5 Å². The van der Waals surface area contributed by atoms with Crippen LogP contribution in [0.25, 0.3) is 0 Å². The molecule has 0 saturated heterocycles.